The first kappa shape index (κ1) is 13.8. The lowest BCUT2D eigenvalue weighted by Crippen LogP contribution is -2.21. The molecule has 0 spiro atoms. The van der Waals surface area contributed by atoms with E-state index in [0.717, 1.165) is 12.0 Å². The number of carbonyl (C=O) groups excluding carboxylic acids is 1. The van der Waals surface area contributed by atoms with Gasteiger partial charge in [-0.15, -0.1) is 0 Å². The minimum Gasteiger partial charge on any atom is -0.461 e. The van der Waals surface area contributed by atoms with Crippen LogP contribution in [-0.4, -0.2) is 22.4 Å². The molecule has 0 aliphatic carbocycles. The third-order valence-corrected chi connectivity index (χ3v) is 2.95. The second kappa shape index (κ2) is 7.92. The Bertz CT molecular complexity index is 351. The highest BCUT2D eigenvalue weighted by atomic mass is 32.2. The molecule has 1 rings (SSSR count). The summed E-state index contributed by atoms with van der Waals surface area (Å²) < 4.78 is 14.0. The average Bonchev–Trinajstić information content (AvgIpc) is 2.38. The monoisotopic (exact) mass is 252 g/mol. The number of rotatable bonds is 7. The van der Waals surface area contributed by atoms with Gasteiger partial charge in [-0.2, -0.15) is 0 Å². The standard InChI is InChI=1S/C13H16O3S/c1-2-10-16-13(14)12(17-15)9-8-11-6-4-3-5-7-11/h2-7,12,15H,1,8-10H2. The van der Waals surface area contributed by atoms with Gasteiger partial charge in [0.15, 0.2) is 0 Å². The molecule has 17 heavy (non-hydrogen) atoms. The van der Waals surface area contributed by atoms with Crippen LogP contribution in [-0.2, 0) is 16.0 Å². The molecule has 0 aliphatic rings. The highest BCUT2D eigenvalue weighted by molar-refractivity contribution is 7.95. The maximum absolute atomic E-state index is 11.5. The molecular weight excluding hydrogens is 236 g/mol. The SMILES string of the molecule is C=CCOC(=O)C(CCc1ccccc1)SO. The Labute approximate surface area is 106 Å². The summed E-state index contributed by atoms with van der Waals surface area (Å²) in [7, 11) is 0. The van der Waals surface area contributed by atoms with Crippen LogP contribution >= 0.6 is 12.0 Å². The van der Waals surface area contributed by atoms with E-state index in [-0.39, 0.29) is 6.61 Å². The van der Waals surface area contributed by atoms with E-state index in [4.69, 9.17) is 9.29 Å². The molecule has 1 N–H and O–H groups in total. The molecule has 0 fully saturated rings. The molecule has 3 nitrogen and oxygen atoms in total. The third-order valence-electron chi connectivity index (χ3n) is 2.27. The van der Waals surface area contributed by atoms with E-state index in [1.54, 1.807) is 0 Å². The van der Waals surface area contributed by atoms with Crippen LogP contribution in [0.1, 0.15) is 12.0 Å². The Morgan fingerprint density at radius 2 is 2.18 bits per heavy atom. The minimum absolute atomic E-state index is 0.182. The zero-order valence-electron chi connectivity index (χ0n) is 9.54. The van der Waals surface area contributed by atoms with Gasteiger partial charge in [-0.25, -0.2) is 0 Å². The molecule has 0 heterocycles. The van der Waals surface area contributed by atoms with Crippen LogP contribution in [0.4, 0.5) is 0 Å². The predicted octanol–water partition coefficient (Wildman–Crippen LogP) is 2.92. The Morgan fingerprint density at radius 3 is 2.76 bits per heavy atom. The number of hydrogen-bond acceptors (Lipinski definition) is 4. The van der Waals surface area contributed by atoms with Gasteiger partial charge in [-0.05, 0) is 18.4 Å². The molecule has 0 aliphatic heterocycles. The molecule has 0 saturated carbocycles. The van der Waals surface area contributed by atoms with E-state index >= 15 is 0 Å². The topological polar surface area (TPSA) is 46.5 Å². The first-order chi connectivity index (χ1) is 8.27. The normalized spacial score (nSPS) is 11.8. The van der Waals surface area contributed by atoms with Crippen molar-refractivity contribution in [1.82, 2.24) is 0 Å². The summed E-state index contributed by atoms with van der Waals surface area (Å²) in [5.41, 5.74) is 1.14. The smallest absolute Gasteiger partial charge is 0.321 e. The Balaban J connectivity index is 2.41. The Morgan fingerprint density at radius 1 is 1.47 bits per heavy atom. The largest absolute Gasteiger partial charge is 0.461 e. The molecule has 0 bridgehead atoms. The van der Waals surface area contributed by atoms with Gasteiger partial charge in [-0.1, -0.05) is 43.0 Å². The second-order valence-electron chi connectivity index (χ2n) is 3.54. The number of aryl methyl sites for hydroxylation is 1. The second-order valence-corrected chi connectivity index (χ2v) is 4.32. The van der Waals surface area contributed by atoms with Crippen molar-refractivity contribution in [1.29, 1.82) is 0 Å². The molecule has 1 aromatic rings. The van der Waals surface area contributed by atoms with E-state index in [1.165, 1.54) is 6.08 Å². The number of hydrogen-bond donors (Lipinski definition) is 1. The van der Waals surface area contributed by atoms with Crippen LogP contribution in [0.15, 0.2) is 43.0 Å². The van der Waals surface area contributed by atoms with Crippen molar-refractivity contribution in [2.24, 2.45) is 0 Å². The van der Waals surface area contributed by atoms with E-state index in [1.807, 2.05) is 30.3 Å². The molecule has 0 aromatic heterocycles. The number of carbonyl (C=O) groups is 1. The number of ether oxygens (including phenoxy) is 1. The number of esters is 1. The first-order valence-electron chi connectivity index (χ1n) is 5.39. The van der Waals surface area contributed by atoms with Gasteiger partial charge in [0.05, 0.1) is 0 Å². The summed E-state index contributed by atoms with van der Waals surface area (Å²) in [6.07, 6.45) is 2.80. The minimum atomic E-state index is -0.532. The highest BCUT2D eigenvalue weighted by Crippen LogP contribution is 2.16. The van der Waals surface area contributed by atoms with Gasteiger partial charge in [0.2, 0.25) is 0 Å². The summed E-state index contributed by atoms with van der Waals surface area (Å²) in [6.45, 7) is 3.65. The van der Waals surface area contributed by atoms with Crippen LogP contribution in [0.5, 0.6) is 0 Å². The quantitative estimate of drug-likeness (QED) is 0.460. The fraction of sp³-hybridized carbons (Fsp3) is 0.308. The van der Waals surface area contributed by atoms with Gasteiger partial charge in [0, 0.05) is 12.0 Å². The third kappa shape index (κ3) is 5.06. The van der Waals surface area contributed by atoms with Crippen molar-refractivity contribution in [3.8, 4) is 0 Å². The fourth-order valence-corrected chi connectivity index (χ4v) is 1.77. The van der Waals surface area contributed by atoms with E-state index in [0.29, 0.717) is 18.5 Å². The lowest BCUT2D eigenvalue weighted by molar-refractivity contribution is -0.141. The van der Waals surface area contributed by atoms with Crippen molar-refractivity contribution in [2.75, 3.05) is 6.61 Å². The molecule has 1 aromatic carbocycles. The molecule has 0 amide bonds. The molecule has 0 saturated heterocycles. The summed E-state index contributed by atoms with van der Waals surface area (Å²) >= 11 is 0.539. The zero-order chi connectivity index (χ0) is 12.5. The lowest BCUT2D eigenvalue weighted by atomic mass is 10.1. The maximum Gasteiger partial charge on any atom is 0.321 e. The maximum atomic E-state index is 11.5. The van der Waals surface area contributed by atoms with Crippen LogP contribution in [0.25, 0.3) is 0 Å². The van der Waals surface area contributed by atoms with Gasteiger partial charge in [-0.3, -0.25) is 4.79 Å². The fourth-order valence-electron chi connectivity index (χ4n) is 1.39. The summed E-state index contributed by atoms with van der Waals surface area (Å²) in [5.74, 6) is -0.395. The lowest BCUT2D eigenvalue weighted by Gasteiger charge is -2.11. The predicted molar refractivity (Wildman–Crippen MR) is 69.9 cm³/mol. The van der Waals surface area contributed by atoms with Crippen molar-refractivity contribution in [2.45, 2.75) is 18.1 Å². The van der Waals surface area contributed by atoms with Crippen molar-refractivity contribution < 1.29 is 14.1 Å². The molecule has 1 unspecified atom stereocenters. The molecular formula is C13H16O3S. The first-order valence-corrected chi connectivity index (χ1v) is 6.23. The van der Waals surface area contributed by atoms with Gasteiger partial charge in [0.25, 0.3) is 0 Å². The van der Waals surface area contributed by atoms with Crippen molar-refractivity contribution in [3.05, 3.63) is 48.6 Å². The highest BCUT2D eigenvalue weighted by Gasteiger charge is 2.19. The Kier molecular flexibility index (Phi) is 6.43. The number of benzene rings is 1. The van der Waals surface area contributed by atoms with Gasteiger partial charge in [0.1, 0.15) is 11.9 Å². The van der Waals surface area contributed by atoms with Gasteiger partial charge >= 0.3 is 5.97 Å². The van der Waals surface area contributed by atoms with Crippen molar-refractivity contribution >= 4 is 18.0 Å². The molecule has 0 radical (unpaired) electrons. The summed E-state index contributed by atoms with van der Waals surface area (Å²) in [4.78, 5) is 11.5. The van der Waals surface area contributed by atoms with Crippen LogP contribution in [0.2, 0.25) is 0 Å². The molecule has 4 heteroatoms. The van der Waals surface area contributed by atoms with Crippen LogP contribution in [0, 0.1) is 0 Å². The molecule has 92 valence electrons. The van der Waals surface area contributed by atoms with E-state index in [9.17, 15) is 4.79 Å². The van der Waals surface area contributed by atoms with Crippen molar-refractivity contribution in [3.63, 3.8) is 0 Å². The van der Waals surface area contributed by atoms with E-state index in [2.05, 4.69) is 6.58 Å². The van der Waals surface area contributed by atoms with Crippen LogP contribution in [0.3, 0.4) is 0 Å². The van der Waals surface area contributed by atoms with Gasteiger partial charge < -0.3 is 9.29 Å². The molecule has 1 atom stereocenters. The zero-order valence-corrected chi connectivity index (χ0v) is 10.4. The summed E-state index contributed by atoms with van der Waals surface area (Å²) in [5, 5.41) is -0.532. The Hall–Kier alpha value is -1.26. The average molecular weight is 252 g/mol. The summed E-state index contributed by atoms with van der Waals surface area (Å²) in [6, 6.07) is 9.83. The van der Waals surface area contributed by atoms with Crippen LogP contribution < -0.4 is 0 Å². The van der Waals surface area contributed by atoms with E-state index < -0.39 is 11.2 Å².